The molecule has 0 spiro atoms. The molecule has 0 atom stereocenters. The van der Waals surface area contributed by atoms with Gasteiger partial charge in [-0.2, -0.15) is 0 Å². The number of hydrogen-bond acceptors (Lipinski definition) is 3. The number of benzene rings is 2. The van der Waals surface area contributed by atoms with Crippen LogP contribution in [0.5, 0.6) is 5.75 Å². The number of methoxy groups -OCH3 is 1. The van der Waals surface area contributed by atoms with Crippen molar-refractivity contribution >= 4 is 17.5 Å². The summed E-state index contributed by atoms with van der Waals surface area (Å²) in [5, 5.41) is 5.63. The first-order valence-corrected chi connectivity index (χ1v) is 8.24. The lowest BCUT2D eigenvalue weighted by molar-refractivity contribution is -0.121. The highest BCUT2D eigenvalue weighted by molar-refractivity contribution is 5.90. The van der Waals surface area contributed by atoms with Crippen molar-refractivity contribution in [1.82, 2.24) is 5.32 Å². The Balaban J connectivity index is 1.88. The molecule has 2 rings (SSSR count). The Bertz CT molecular complexity index is 739. The lowest BCUT2D eigenvalue weighted by atomic mass is 10.1. The van der Waals surface area contributed by atoms with Gasteiger partial charge in [-0.05, 0) is 36.6 Å². The molecule has 0 saturated heterocycles. The van der Waals surface area contributed by atoms with Crippen LogP contribution in [0.4, 0.5) is 5.69 Å². The normalized spacial score (nSPS) is 10.2. The van der Waals surface area contributed by atoms with Gasteiger partial charge in [-0.3, -0.25) is 9.59 Å². The highest BCUT2D eigenvalue weighted by atomic mass is 16.5. The second-order valence-corrected chi connectivity index (χ2v) is 5.98. The standard InChI is InChI=1S/C20H24N2O3/c1-14-4-6-16(7-5-14)9-11-20(24)21-13-17-8-10-19(25-3)18(12-17)22-15(2)23/h4-8,10,12H,9,11,13H2,1-3H3,(H,21,24)(H,22,23). The Kier molecular flexibility index (Phi) is 6.57. The third-order valence-electron chi connectivity index (χ3n) is 3.83. The fraction of sp³-hybridized carbons (Fsp3) is 0.300. The van der Waals surface area contributed by atoms with E-state index in [0.717, 1.165) is 11.1 Å². The van der Waals surface area contributed by atoms with E-state index in [1.54, 1.807) is 19.2 Å². The van der Waals surface area contributed by atoms with Crippen molar-refractivity contribution in [2.24, 2.45) is 0 Å². The maximum atomic E-state index is 12.0. The molecule has 2 amide bonds. The van der Waals surface area contributed by atoms with Crippen LogP contribution in [0.15, 0.2) is 42.5 Å². The molecule has 0 fully saturated rings. The van der Waals surface area contributed by atoms with Crippen LogP contribution in [0.2, 0.25) is 0 Å². The molecule has 0 radical (unpaired) electrons. The third kappa shape index (κ3) is 5.95. The van der Waals surface area contributed by atoms with Gasteiger partial charge in [0.15, 0.2) is 0 Å². The number of anilines is 1. The van der Waals surface area contributed by atoms with E-state index in [2.05, 4.69) is 10.6 Å². The monoisotopic (exact) mass is 340 g/mol. The van der Waals surface area contributed by atoms with Gasteiger partial charge >= 0.3 is 0 Å². The maximum Gasteiger partial charge on any atom is 0.221 e. The predicted octanol–water partition coefficient (Wildman–Crippen LogP) is 3.21. The van der Waals surface area contributed by atoms with E-state index >= 15 is 0 Å². The van der Waals surface area contributed by atoms with E-state index in [9.17, 15) is 9.59 Å². The molecule has 0 saturated carbocycles. The Labute approximate surface area is 148 Å². The van der Waals surface area contributed by atoms with E-state index in [1.807, 2.05) is 37.3 Å². The molecule has 5 heteroatoms. The van der Waals surface area contributed by atoms with Gasteiger partial charge in [0.05, 0.1) is 12.8 Å². The van der Waals surface area contributed by atoms with E-state index in [1.165, 1.54) is 12.5 Å². The van der Waals surface area contributed by atoms with E-state index in [0.29, 0.717) is 30.8 Å². The zero-order valence-corrected chi connectivity index (χ0v) is 14.9. The molecule has 2 N–H and O–H groups in total. The van der Waals surface area contributed by atoms with E-state index < -0.39 is 0 Å². The maximum absolute atomic E-state index is 12.0. The summed E-state index contributed by atoms with van der Waals surface area (Å²) in [7, 11) is 1.55. The Morgan fingerprint density at radius 1 is 1.04 bits per heavy atom. The summed E-state index contributed by atoms with van der Waals surface area (Å²) in [6.45, 7) is 3.89. The van der Waals surface area contributed by atoms with Gasteiger partial charge in [0.25, 0.3) is 0 Å². The average molecular weight is 340 g/mol. The number of hydrogen-bond donors (Lipinski definition) is 2. The molecular formula is C20H24N2O3. The molecule has 0 aliphatic rings. The number of aryl methyl sites for hydroxylation is 2. The summed E-state index contributed by atoms with van der Waals surface area (Å²) in [6.07, 6.45) is 1.16. The number of nitrogens with one attached hydrogen (secondary N) is 2. The summed E-state index contributed by atoms with van der Waals surface area (Å²) < 4.78 is 5.22. The molecule has 132 valence electrons. The van der Waals surface area contributed by atoms with Gasteiger partial charge in [0, 0.05) is 19.9 Å². The summed E-state index contributed by atoms with van der Waals surface area (Å²) in [5.41, 5.74) is 3.86. The van der Waals surface area contributed by atoms with Crippen LogP contribution in [0, 0.1) is 6.92 Å². The Morgan fingerprint density at radius 3 is 2.36 bits per heavy atom. The molecule has 25 heavy (non-hydrogen) atoms. The minimum Gasteiger partial charge on any atom is -0.495 e. The van der Waals surface area contributed by atoms with Crippen LogP contribution in [0.1, 0.15) is 30.0 Å². The first kappa shape index (κ1) is 18.5. The van der Waals surface area contributed by atoms with Crippen molar-refractivity contribution < 1.29 is 14.3 Å². The number of rotatable bonds is 7. The molecule has 2 aromatic carbocycles. The molecule has 0 heterocycles. The number of ether oxygens (including phenoxy) is 1. The first-order valence-electron chi connectivity index (χ1n) is 8.24. The van der Waals surface area contributed by atoms with Crippen LogP contribution >= 0.6 is 0 Å². The quantitative estimate of drug-likeness (QED) is 0.813. The molecular weight excluding hydrogens is 316 g/mol. The van der Waals surface area contributed by atoms with Crippen LogP contribution in [-0.2, 0) is 22.6 Å². The second kappa shape index (κ2) is 8.87. The van der Waals surface area contributed by atoms with E-state index in [4.69, 9.17) is 4.74 Å². The molecule has 2 aromatic rings. The molecule has 0 bridgehead atoms. The van der Waals surface area contributed by atoms with Gasteiger partial charge in [-0.1, -0.05) is 35.9 Å². The van der Waals surface area contributed by atoms with E-state index in [-0.39, 0.29) is 11.8 Å². The second-order valence-electron chi connectivity index (χ2n) is 5.98. The lowest BCUT2D eigenvalue weighted by Crippen LogP contribution is -2.23. The SMILES string of the molecule is COc1ccc(CNC(=O)CCc2ccc(C)cc2)cc1NC(C)=O. The molecule has 0 aliphatic heterocycles. The molecule has 0 aromatic heterocycles. The number of carbonyl (C=O) groups excluding carboxylic acids is 2. The van der Waals surface area contributed by atoms with Crippen LogP contribution in [0.3, 0.4) is 0 Å². The summed E-state index contributed by atoms with van der Waals surface area (Å²) in [5.74, 6) is 0.416. The van der Waals surface area contributed by atoms with Gasteiger partial charge < -0.3 is 15.4 Å². The van der Waals surface area contributed by atoms with Crippen molar-refractivity contribution in [2.75, 3.05) is 12.4 Å². The zero-order valence-electron chi connectivity index (χ0n) is 14.9. The van der Waals surface area contributed by atoms with Gasteiger partial charge in [-0.15, -0.1) is 0 Å². The summed E-state index contributed by atoms with van der Waals surface area (Å²) in [4.78, 5) is 23.3. The van der Waals surface area contributed by atoms with Crippen molar-refractivity contribution in [1.29, 1.82) is 0 Å². The largest absolute Gasteiger partial charge is 0.495 e. The van der Waals surface area contributed by atoms with Crippen molar-refractivity contribution in [3.63, 3.8) is 0 Å². The first-order chi connectivity index (χ1) is 12.0. The van der Waals surface area contributed by atoms with Gasteiger partial charge in [0.1, 0.15) is 5.75 Å². The summed E-state index contributed by atoms with van der Waals surface area (Å²) >= 11 is 0. The number of carbonyl (C=O) groups is 2. The summed E-state index contributed by atoms with van der Waals surface area (Å²) in [6, 6.07) is 13.6. The van der Waals surface area contributed by atoms with Crippen molar-refractivity contribution in [3.8, 4) is 5.75 Å². The predicted molar refractivity (Wildman–Crippen MR) is 98.6 cm³/mol. The topological polar surface area (TPSA) is 67.4 Å². The fourth-order valence-corrected chi connectivity index (χ4v) is 2.45. The lowest BCUT2D eigenvalue weighted by Gasteiger charge is -2.12. The smallest absolute Gasteiger partial charge is 0.221 e. The van der Waals surface area contributed by atoms with Crippen LogP contribution in [-0.4, -0.2) is 18.9 Å². The van der Waals surface area contributed by atoms with Gasteiger partial charge in [0.2, 0.25) is 11.8 Å². The van der Waals surface area contributed by atoms with Crippen molar-refractivity contribution in [3.05, 3.63) is 59.2 Å². The Hall–Kier alpha value is -2.82. The minimum absolute atomic E-state index is 0.00234. The van der Waals surface area contributed by atoms with Crippen LogP contribution < -0.4 is 15.4 Å². The van der Waals surface area contributed by atoms with Crippen LogP contribution in [0.25, 0.3) is 0 Å². The number of amides is 2. The third-order valence-corrected chi connectivity index (χ3v) is 3.83. The zero-order chi connectivity index (χ0) is 18.2. The molecule has 0 aliphatic carbocycles. The highest BCUT2D eigenvalue weighted by Gasteiger charge is 2.07. The fourth-order valence-electron chi connectivity index (χ4n) is 2.45. The van der Waals surface area contributed by atoms with Crippen molar-refractivity contribution in [2.45, 2.75) is 33.2 Å². The Morgan fingerprint density at radius 2 is 1.72 bits per heavy atom. The molecule has 0 unspecified atom stereocenters. The van der Waals surface area contributed by atoms with Gasteiger partial charge in [-0.25, -0.2) is 0 Å². The highest BCUT2D eigenvalue weighted by Crippen LogP contribution is 2.25. The average Bonchev–Trinajstić information content (AvgIpc) is 2.59. The molecule has 5 nitrogen and oxygen atoms in total. The minimum atomic E-state index is -0.169.